The van der Waals surface area contributed by atoms with E-state index in [-0.39, 0.29) is 29.1 Å². The smallest absolute Gasteiger partial charge is 0.341 e. The average molecular weight is 436 g/mol. The van der Waals surface area contributed by atoms with Gasteiger partial charge in [-0.1, -0.05) is 11.6 Å². The molecule has 1 aromatic carbocycles. The second kappa shape index (κ2) is 8.92. The van der Waals surface area contributed by atoms with Gasteiger partial charge in [-0.15, -0.1) is 0 Å². The molecule has 5 nitrogen and oxygen atoms in total. The Balaban J connectivity index is 1.54. The summed E-state index contributed by atoms with van der Waals surface area (Å²) in [6, 6.07) is 2.81. The van der Waals surface area contributed by atoms with Crippen molar-refractivity contribution in [2.24, 2.45) is 5.92 Å². The number of carbonyl (C=O) groups is 2. The van der Waals surface area contributed by atoms with Gasteiger partial charge in [-0.25, -0.2) is 0 Å². The lowest BCUT2D eigenvalue weighted by Gasteiger charge is -2.28. The summed E-state index contributed by atoms with van der Waals surface area (Å²) in [5, 5.41) is 2.49. The van der Waals surface area contributed by atoms with Gasteiger partial charge in [-0.3, -0.25) is 14.5 Å². The van der Waals surface area contributed by atoms with Gasteiger partial charge in [-0.05, 0) is 31.2 Å². The Morgan fingerprint density at radius 1 is 1.21 bits per heavy atom. The van der Waals surface area contributed by atoms with Crippen molar-refractivity contribution in [3.63, 3.8) is 0 Å². The molecule has 28 heavy (non-hydrogen) atoms. The van der Waals surface area contributed by atoms with E-state index in [1.165, 1.54) is 0 Å². The highest BCUT2D eigenvalue weighted by atomic mass is 35.5. The fourth-order valence-electron chi connectivity index (χ4n) is 3.41. The lowest BCUT2D eigenvalue weighted by molar-refractivity contribution is -0.137. The van der Waals surface area contributed by atoms with Crippen LogP contribution >= 0.6 is 23.4 Å². The van der Waals surface area contributed by atoms with E-state index in [9.17, 15) is 22.8 Å². The number of likely N-dealkylation sites (tertiary alicyclic amines) is 1. The highest BCUT2D eigenvalue weighted by Gasteiger charge is 2.33. The fourth-order valence-corrected chi connectivity index (χ4v) is 4.48. The number of rotatable bonds is 4. The highest BCUT2D eigenvalue weighted by Crippen LogP contribution is 2.33. The van der Waals surface area contributed by atoms with Crippen molar-refractivity contribution >= 4 is 40.9 Å². The molecule has 0 spiro atoms. The topological polar surface area (TPSA) is 52.7 Å². The van der Waals surface area contributed by atoms with Crippen LogP contribution in [0.1, 0.15) is 12.0 Å². The molecule has 1 atom stereocenters. The van der Waals surface area contributed by atoms with E-state index in [1.54, 1.807) is 0 Å². The van der Waals surface area contributed by atoms with Crippen molar-refractivity contribution in [1.82, 2.24) is 9.80 Å². The van der Waals surface area contributed by atoms with Gasteiger partial charge in [0.05, 0.1) is 28.7 Å². The zero-order valence-corrected chi connectivity index (χ0v) is 16.7. The van der Waals surface area contributed by atoms with Crippen LogP contribution in [0.3, 0.4) is 0 Å². The summed E-state index contributed by atoms with van der Waals surface area (Å²) in [6.07, 6.45) is -3.83. The van der Waals surface area contributed by atoms with Gasteiger partial charge in [0.2, 0.25) is 11.8 Å². The van der Waals surface area contributed by atoms with Gasteiger partial charge in [0.1, 0.15) is 0 Å². The first-order chi connectivity index (χ1) is 13.2. The maximum Gasteiger partial charge on any atom is 0.416 e. The van der Waals surface area contributed by atoms with Crippen molar-refractivity contribution in [2.45, 2.75) is 12.6 Å². The Morgan fingerprint density at radius 2 is 1.93 bits per heavy atom. The molecule has 1 N–H and O–H groups in total. The molecule has 2 heterocycles. The van der Waals surface area contributed by atoms with Gasteiger partial charge in [0, 0.05) is 31.1 Å². The standard InChI is InChI=1S/C18H21ClF3N3O2S/c19-14-2-1-13(18(20,21)22)9-15(14)23-16(26)11-24-4-3-12(10-24)17(27)25-5-7-28-8-6-25/h1-2,9,12H,3-8,10-11H2,(H,23,26). The first kappa shape index (κ1) is 21.3. The Bertz CT molecular complexity index is 741. The Morgan fingerprint density at radius 3 is 2.61 bits per heavy atom. The molecule has 0 radical (unpaired) electrons. The number of amides is 2. The van der Waals surface area contributed by atoms with Crippen LogP contribution in [0.25, 0.3) is 0 Å². The molecule has 0 aliphatic carbocycles. The third-order valence-electron chi connectivity index (χ3n) is 4.88. The maximum atomic E-state index is 12.8. The summed E-state index contributed by atoms with van der Waals surface area (Å²) in [5.41, 5.74) is -0.946. The van der Waals surface area contributed by atoms with Gasteiger partial charge >= 0.3 is 6.18 Å². The molecule has 2 saturated heterocycles. The van der Waals surface area contributed by atoms with Crippen molar-refractivity contribution < 1.29 is 22.8 Å². The minimum Gasteiger partial charge on any atom is -0.341 e. The number of alkyl halides is 3. The normalized spacial score (nSPS) is 21.0. The molecule has 2 aliphatic heterocycles. The molecular formula is C18H21ClF3N3O2S. The number of anilines is 1. The second-order valence-corrected chi connectivity index (χ2v) is 8.53. The SMILES string of the molecule is O=C(CN1CCC(C(=O)N2CCSCC2)C1)Nc1cc(C(F)(F)F)ccc1Cl. The average Bonchev–Trinajstić information content (AvgIpc) is 3.11. The number of nitrogens with zero attached hydrogens (tertiary/aromatic N) is 2. The van der Waals surface area contributed by atoms with E-state index >= 15 is 0 Å². The fraction of sp³-hybridized carbons (Fsp3) is 0.556. The molecule has 0 aromatic heterocycles. The van der Waals surface area contributed by atoms with Crippen LogP contribution in [0.2, 0.25) is 5.02 Å². The molecule has 2 amide bonds. The van der Waals surface area contributed by atoms with Crippen molar-refractivity contribution in [3.05, 3.63) is 28.8 Å². The molecule has 3 rings (SSSR count). The van der Waals surface area contributed by atoms with E-state index in [4.69, 9.17) is 11.6 Å². The summed E-state index contributed by atoms with van der Waals surface area (Å²) in [7, 11) is 0. The number of hydrogen-bond donors (Lipinski definition) is 1. The quantitative estimate of drug-likeness (QED) is 0.789. The molecule has 10 heteroatoms. The number of halogens is 4. The van der Waals surface area contributed by atoms with E-state index in [0.29, 0.717) is 19.5 Å². The van der Waals surface area contributed by atoms with Crippen molar-refractivity contribution in [1.29, 1.82) is 0 Å². The Kier molecular flexibility index (Phi) is 6.77. The van der Waals surface area contributed by atoms with Crippen LogP contribution in [-0.2, 0) is 15.8 Å². The van der Waals surface area contributed by atoms with Gasteiger partial charge in [-0.2, -0.15) is 24.9 Å². The molecule has 0 bridgehead atoms. The zero-order valence-electron chi connectivity index (χ0n) is 15.1. The van der Waals surface area contributed by atoms with Crippen LogP contribution in [0.15, 0.2) is 18.2 Å². The predicted molar refractivity (Wildman–Crippen MR) is 104 cm³/mol. The molecule has 1 aromatic rings. The van der Waals surface area contributed by atoms with Crippen molar-refractivity contribution in [3.8, 4) is 0 Å². The number of hydrogen-bond acceptors (Lipinski definition) is 4. The van der Waals surface area contributed by atoms with Crippen molar-refractivity contribution in [2.75, 3.05) is 49.5 Å². The minimum atomic E-state index is -4.51. The highest BCUT2D eigenvalue weighted by molar-refractivity contribution is 7.99. The summed E-state index contributed by atoms with van der Waals surface area (Å²) in [6.45, 7) is 2.60. The lowest BCUT2D eigenvalue weighted by atomic mass is 10.1. The Labute approximate surface area is 170 Å². The number of thioether (sulfide) groups is 1. The summed E-state index contributed by atoms with van der Waals surface area (Å²) in [4.78, 5) is 28.6. The number of benzene rings is 1. The minimum absolute atomic E-state index is 0.00616. The second-order valence-electron chi connectivity index (χ2n) is 6.90. The molecule has 1 unspecified atom stereocenters. The third kappa shape index (κ3) is 5.33. The number of nitrogens with one attached hydrogen (secondary N) is 1. The summed E-state index contributed by atoms with van der Waals surface area (Å²) in [5.74, 6) is 1.44. The third-order valence-corrected chi connectivity index (χ3v) is 6.15. The van der Waals surface area contributed by atoms with Gasteiger partial charge < -0.3 is 10.2 Å². The first-order valence-electron chi connectivity index (χ1n) is 8.99. The predicted octanol–water partition coefficient (Wildman–Crippen LogP) is 3.19. The molecule has 2 aliphatic rings. The van der Waals surface area contributed by atoms with E-state index in [0.717, 1.165) is 42.8 Å². The summed E-state index contributed by atoms with van der Waals surface area (Å²) < 4.78 is 38.5. The Hall–Kier alpha value is -1.45. The van der Waals surface area contributed by atoms with E-state index in [2.05, 4.69) is 5.32 Å². The van der Waals surface area contributed by atoms with Crippen LogP contribution < -0.4 is 5.32 Å². The van der Waals surface area contributed by atoms with Crippen LogP contribution in [0, 0.1) is 5.92 Å². The van der Waals surface area contributed by atoms with E-state index in [1.807, 2.05) is 21.6 Å². The molecule has 2 fully saturated rings. The first-order valence-corrected chi connectivity index (χ1v) is 10.5. The summed E-state index contributed by atoms with van der Waals surface area (Å²) >= 11 is 7.74. The molecular weight excluding hydrogens is 415 g/mol. The zero-order chi connectivity index (χ0) is 20.3. The lowest BCUT2D eigenvalue weighted by Crippen LogP contribution is -2.42. The monoisotopic (exact) mass is 435 g/mol. The van der Waals surface area contributed by atoms with Gasteiger partial charge in [0.15, 0.2) is 0 Å². The largest absolute Gasteiger partial charge is 0.416 e. The van der Waals surface area contributed by atoms with Gasteiger partial charge in [0.25, 0.3) is 0 Å². The van der Waals surface area contributed by atoms with Crippen LogP contribution in [-0.4, -0.2) is 65.8 Å². The maximum absolute atomic E-state index is 12.8. The van der Waals surface area contributed by atoms with Crippen LogP contribution in [0.5, 0.6) is 0 Å². The molecule has 154 valence electrons. The van der Waals surface area contributed by atoms with Crippen LogP contribution in [0.4, 0.5) is 18.9 Å². The van der Waals surface area contributed by atoms with E-state index < -0.39 is 17.6 Å². The molecule has 0 saturated carbocycles. The number of carbonyl (C=O) groups excluding carboxylic acids is 2.